The third kappa shape index (κ3) is 5.19. The molecule has 0 aromatic carbocycles. The Bertz CT molecular complexity index is 299. The van der Waals surface area contributed by atoms with Crippen LogP contribution in [-0.2, 0) is 9.59 Å². The summed E-state index contributed by atoms with van der Waals surface area (Å²) in [5, 5.41) is 5.83. The SMILES string of the molecule is CCNC(=O)C(C)NC(C)C(=O)N1CCCCCC1. The molecule has 2 amide bonds. The van der Waals surface area contributed by atoms with Crippen molar-refractivity contribution in [2.45, 2.75) is 58.5 Å². The summed E-state index contributed by atoms with van der Waals surface area (Å²) in [6.07, 6.45) is 4.59. The van der Waals surface area contributed by atoms with Crippen molar-refractivity contribution < 1.29 is 9.59 Å². The van der Waals surface area contributed by atoms with Crippen LogP contribution >= 0.6 is 0 Å². The van der Waals surface area contributed by atoms with E-state index in [0.29, 0.717) is 6.54 Å². The molecule has 0 bridgehead atoms. The number of carbonyl (C=O) groups is 2. The molecule has 2 atom stereocenters. The first-order valence-corrected chi connectivity index (χ1v) is 7.38. The molecule has 5 nitrogen and oxygen atoms in total. The predicted molar refractivity (Wildman–Crippen MR) is 75.8 cm³/mol. The van der Waals surface area contributed by atoms with Gasteiger partial charge >= 0.3 is 0 Å². The lowest BCUT2D eigenvalue weighted by atomic mass is 10.2. The fraction of sp³-hybridized carbons (Fsp3) is 0.857. The molecule has 1 aliphatic heterocycles. The van der Waals surface area contributed by atoms with Crippen molar-refractivity contribution in [3.63, 3.8) is 0 Å². The first-order chi connectivity index (χ1) is 9.06. The van der Waals surface area contributed by atoms with E-state index in [0.717, 1.165) is 25.9 Å². The number of hydrogen-bond acceptors (Lipinski definition) is 3. The number of amides is 2. The Labute approximate surface area is 116 Å². The van der Waals surface area contributed by atoms with Crippen molar-refractivity contribution in [2.24, 2.45) is 0 Å². The van der Waals surface area contributed by atoms with Gasteiger partial charge in [0.05, 0.1) is 12.1 Å². The highest BCUT2D eigenvalue weighted by molar-refractivity contribution is 5.84. The topological polar surface area (TPSA) is 61.4 Å². The first-order valence-electron chi connectivity index (χ1n) is 7.38. The molecule has 2 unspecified atom stereocenters. The number of rotatable bonds is 5. The smallest absolute Gasteiger partial charge is 0.239 e. The Morgan fingerprint density at radius 3 is 2.16 bits per heavy atom. The second-order valence-corrected chi connectivity index (χ2v) is 5.24. The van der Waals surface area contributed by atoms with Crippen molar-refractivity contribution in [3.05, 3.63) is 0 Å². The Hall–Kier alpha value is -1.10. The van der Waals surface area contributed by atoms with E-state index in [1.165, 1.54) is 12.8 Å². The summed E-state index contributed by atoms with van der Waals surface area (Å²) in [7, 11) is 0. The van der Waals surface area contributed by atoms with Crippen molar-refractivity contribution in [3.8, 4) is 0 Å². The minimum Gasteiger partial charge on any atom is -0.355 e. The minimum absolute atomic E-state index is 0.0574. The number of likely N-dealkylation sites (N-methyl/N-ethyl adjacent to an activating group) is 1. The number of hydrogen-bond donors (Lipinski definition) is 2. The quantitative estimate of drug-likeness (QED) is 0.779. The maximum absolute atomic E-state index is 12.3. The zero-order valence-electron chi connectivity index (χ0n) is 12.4. The van der Waals surface area contributed by atoms with Crippen molar-refractivity contribution in [1.29, 1.82) is 0 Å². The summed E-state index contributed by atoms with van der Waals surface area (Å²) < 4.78 is 0. The van der Waals surface area contributed by atoms with E-state index in [1.54, 1.807) is 6.92 Å². The molecule has 0 aromatic heterocycles. The van der Waals surface area contributed by atoms with Gasteiger partial charge < -0.3 is 10.2 Å². The van der Waals surface area contributed by atoms with Gasteiger partial charge in [-0.15, -0.1) is 0 Å². The molecule has 0 aliphatic carbocycles. The summed E-state index contributed by atoms with van der Waals surface area (Å²) >= 11 is 0. The molecule has 0 aromatic rings. The fourth-order valence-electron chi connectivity index (χ4n) is 2.41. The van der Waals surface area contributed by atoms with Crippen LogP contribution in [-0.4, -0.2) is 48.4 Å². The van der Waals surface area contributed by atoms with Gasteiger partial charge in [0.2, 0.25) is 11.8 Å². The molecule has 2 N–H and O–H groups in total. The molecule has 1 rings (SSSR count). The highest BCUT2D eigenvalue weighted by Gasteiger charge is 2.24. The molecule has 1 fully saturated rings. The van der Waals surface area contributed by atoms with Gasteiger partial charge in [-0.2, -0.15) is 0 Å². The van der Waals surface area contributed by atoms with Gasteiger partial charge in [-0.3, -0.25) is 14.9 Å². The zero-order chi connectivity index (χ0) is 14.3. The molecule has 1 heterocycles. The summed E-state index contributed by atoms with van der Waals surface area (Å²) in [4.78, 5) is 25.9. The van der Waals surface area contributed by atoms with Crippen LogP contribution in [0.2, 0.25) is 0 Å². The van der Waals surface area contributed by atoms with Crippen LogP contribution in [0.25, 0.3) is 0 Å². The largest absolute Gasteiger partial charge is 0.355 e. The van der Waals surface area contributed by atoms with E-state index < -0.39 is 0 Å². The van der Waals surface area contributed by atoms with Gasteiger partial charge in [0, 0.05) is 19.6 Å². The summed E-state index contributed by atoms with van der Waals surface area (Å²) in [6, 6.07) is -0.651. The van der Waals surface area contributed by atoms with Crippen molar-refractivity contribution >= 4 is 11.8 Å². The molecule has 1 saturated heterocycles. The van der Waals surface area contributed by atoms with Crippen LogP contribution < -0.4 is 10.6 Å². The van der Waals surface area contributed by atoms with E-state index in [2.05, 4.69) is 10.6 Å². The molecule has 110 valence electrons. The molecule has 0 spiro atoms. The van der Waals surface area contributed by atoms with Gasteiger partial charge in [0.1, 0.15) is 0 Å². The fourth-order valence-corrected chi connectivity index (χ4v) is 2.41. The predicted octanol–water partition coefficient (Wildman–Crippen LogP) is 0.892. The lowest BCUT2D eigenvalue weighted by Gasteiger charge is -2.26. The highest BCUT2D eigenvalue weighted by Crippen LogP contribution is 2.10. The summed E-state index contributed by atoms with van der Waals surface area (Å²) in [5.41, 5.74) is 0. The average Bonchev–Trinajstić information content (AvgIpc) is 2.66. The standard InChI is InChI=1S/C14H27N3O2/c1-4-15-13(18)11(2)16-12(3)14(19)17-9-7-5-6-8-10-17/h11-12,16H,4-10H2,1-3H3,(H,15,18). The van der Waals surface area contributed by atoms with E-state index in [9.17, 15) is 9.59 Å². The Morgan fingerprint density at radius 1 is 1.05 bits per heavy atom. The van der Waals surface area contributed by atoms with Crippen LogP contribution in [0.5, 0.6) is 0 Å². The summed E-state index contributed by atoms with van der Waals surface area (Å²) in [5.74, 6) is 0.0519. The van der Waals surface area contributed by atoms with Gasteiger partial charge in [0.25, 0.3) is 0 Å². The Morgan fingerprint density at radius 2 is 1.63 bits per heavy atom. The maximum atomic E-state index is 12.3. The third-order valence-electron chi connectivity index (χ3n) is 3.53. The normalized spacial score (nSPS) is 19.4. The van der Waals surface area contributed by atoms with E-state index in [1.807, 2.05) is 18.7 Å². The van der Waals surface area contributed by atoms with Crippen LogP contribution in [0.15, 0.2) is 0 Å². The van der Waals surface area contributed by atoms with Gasteiger partial charge in [-0.25, -0.2) is 0 Å². The van der Waals surface area contributed by atoms with E-state index in [4.69, 9.17) is 0 Å². The lowest BCUT2D eigenvalue weighted by Crippen LogP contribution is -2.52. The highest BCUT2D eigenvalue weighted by atomic mass is 16.2. The second kappa shape index (κ2) is 8.15. The van der Waals surface area contributed by atoms with Crippen LogP contribution in [0.1, 0.15) is 46.5 Å². The monoisotopic (exact) mass is 269 g/mol. The minimum atomic E-state index is -0.342. The maximum Gasteiger partial charge on any atom is 0.239 e. The summed E-state index contributed by atoms with van der Waals surface area (Å²) in [6.45, 7) is 7.82. The second-order valence-electron chi connectivity index (χ2n) is 5.24. The number of nitrogens with one attached hydrogen (secondary N) is 2. The first kappa shape index (κ1) is 16.0. The third-order valence-corrected chi connectivity index (χ3v) is 3.53. The Balaban J connectivity index is 2.44. The molecule has 0 radical (unpaired) electrons. The molecular weight excluding hydrogens is 242 g/mol. The van der Waals surface area contributed by atoms with Crippen LogP contribution in [0, 0.1) is 0 Å². The molecule has 1 aliphatic rings. The van der Waals surface area contributed by atoms with E-state index in [-0.39, 0.29) is 23.9 Å². The van der Waals surface area contributed by atoms with Crippen molar-refractivity contribution in [1.82, 2.24) is 15.5 Å². The molecule has 19 heavy (non-hydrogen) atoms. The van der Waals surface area contributed by atoms with Crippen LogP contribution in [0.3, 0.4) is 0 Å². The number of carbonyl (C=O) groups excluding carboxylic acids is 2. The Kier molecular flexibility index (Phi) is 6.84. The molecule has 5 heteroatoms. The average molecular weight is 269 g/mol. The van der Waals surface area contributed by atoms with Gasteiger partial charge in [-0.05, 0) is 33.6 Å². The zero-order valence-corrected chi connectivity index (χ0v) is 12.4. The lowest BCUT2D eigenvalue weighted by molar-refractivity contribution is -0.133. The number of nitrogens with zero attached hydrogens (tertiary/aromatic N) is 1. The van der Waals surface area contributed by atoms with Gasteiger partial charge in [0.15, 0.2) is 0 Å². The van der Waals surface area contributed by atoms with E-state index >= 15 is 0 Å². The van der Waals surface area contributed by atoms with Crippen molar-refractivity contribution in [2.75, 3.05) is 19.6 Å². The van der Waals surface area contributed by atoms with Crippen LogP contribution in [0.4, 0.5) is 0 Å². The molecule has 0 saturated carbocycles. The molecular formula is C14H27N3O2. The number of likely N-dealkylation sites (tertiary alicyclic amines) is 1. The van der Waals surface area contributed by atoms with Gasteiger partial charge in [-0.1, -0.05) is 12.8 Å².